The Kier molecular flexibility index (Phi) is 5.92. The molecule has 1 unspecified atom stereocenters. The number of hydrogen-bond donors (Lipinski definition) is 0. The highest BCUT2D eigenvalue weighted by molar-refractivity contribution is 7.89. The average molecular weight is 422 g/mol. The summed E-state index contributed by atoms with van der Waals surface area (Å²) < 4.78 is 27.8. The van der Waals surface area contributed by atoms with Gasteiger partial charge in [0.25, 0.3) is 0 Å². The van der Waals surface area contributed by atoms with E-state index in [0.29, 0.717) is 31.6 Å². The van der Waals surface area contributed by atoms with Crippen molar-refractivity contribution in [3.05, 3.63) is 90.8 Å². The van der Waals surface area contributed by atoms with Gasteiger partial charge in [-0.25, -0.2) is 8.42 Å². The zero-order valence-electron chi connectivity index (χ0n) is 16.5. The number of anilines is 1. The lowest BCUT2D eigenvalue weighted by Crippen LogP contribution is -2.47. The van der Waals surface area contributed by atoms with Gasteiger partial charge in [0.2, 0.25) is 15.9 Å². The predicted octanol–water partition coefficient (Wildman–Crippen LogP) is 3.47. The first-order chi connectivity index (χ1) is 14.6. The monoisotopic (exact) mass is 421 g/mol. The number of rotatable bonds is 6. The molecule has 7 heteroatoms. The average Bonchev–Trinajstić information content (AvgIpc) is 3.30. The zero-order valence-corrected chi connectivity index (χ0v) is 17.3. The Morgan fingerprint density at radius 3 is 2.27 bits per heavy atom. The Morgan fingerprint density at radius 2 is 1.60 bits per heavy atom. The summed E-state index contributed by atoms with van der Waals surface area (Å²) in [6.45, 7) is 0.697. The lowest BCUT2D eigenvalue weighted by atomic mass is 10.1. The van der Waals surface area contributed by atoms with Crippen molar-refractivity contribution in [3.63, 3.8) is 0 Å². The highest BCUT2D eigenvalue weighted by atomic mass is 32.2. The fourth-order valence-corrected chi connectivity index (χ4v) is 5.44. The zero-order chi connectivity index (χ0) is 21.0. The molecule has 2 heterocycles. The van der Waals surface area contributed by atoms with Crippen molar-refractivity contribution in [2.75, 3.05) is 11.4 Å². The normalized spacial score (nSPS) is 17.0. The summed E-state index contributed by atoms with van der Waals surface area (Å²) >= 11 is 0. The number of nitrogens with zero attached hydrogens (tertiary/aromatic N) is 3. The molecule has 0 N–H and O–H groups in total. The minimum absolute atomic E-state index is 0.211. The second kappa shape index (κ2) is 8.77. The van der Waals surface area contributed by atoms with E-state index in [1.807, 2.05) is 30.3 Å². The molecule has 0 aliphatic carbocycles. The van der Waals surface area contributed by atoms with Crippen LogP contribution in [-0.4, -0.2) is 36.2 Å². The van der Waals surface area contributed by atoms with Gasteiger partial charge in [-0.15, -0.1) is 0 Å². The van der Waals surface area contributed by atoms with Gasteiger partial charge in [0.05, 0.1) is 11.4 Å². The molecule has 0 spiro atoms. The quantitative estimate of drug-likeness (QED) is 0.611. The van der Waals surface area contributed by atoms with Crippen LogP contribution in [0.2, 0.25) is 0 Å². The number of pyridine rings is 1. The summed E-state index contributed by atoms with van der Waals surface area (Å²) in [5.74, 6) is -0.220. The van der Waals surface area contributed by atoms with Crippen LogP contribution in [0.5, 0.6) is 0 Å². The van der Waals surface area contributed by atoms with Crippen LogP contribution in [0, 0.1) is 0 Å². The second-order valence-electron chi connectivity index (χ2n) is 7.20. The minimum atomic E-state index is -3.75. The first-order valence-electron chi connectivity index (χ1n) is 9.89. The lowest BCUT2D eigenvalue weighted by molar-refractivity contribution is -0.121. The maximum absolute atomic E-state index is 13.6. The first-order valence-corrected chi connectivity index (χ1v) is 11.3. The highest BCUT2D eigenvalue weighted by Crippen LogP contribution is 2.29. The molecule has 1 atom stereocenters. The molecule has 1 fully saturated rings. The van der Waals surface area contributed by atoms with Gasteiger partial charge in [-0.1, -0.05) is 48.5 Å². The molecule has 0 bridgehead atoms. The van der Waals surface area contributed by atoms with Crippen LogP contribution in [0.1, 0.15) is 18.4 Å². The van der Waals surface area contributed by atoms with E-state index in [4.69, 9.17) is 0 Å². The molecule has 154 valence electrons. The summed E-state index contributed by atoms with van der Waals surface area (Å²) in [5, 5.41) is 0. The van der Waals surface area contributed by atoms with Gasteiger partial charge in [0, 0.05) is 24.6 Å². The minimum Gasteiger partial charge on any atom is -0.307 e. The van der Waals surface area contributed by atoms with Crippen LogP contribution in [0.25, 0.3) is 0 Å². The summed E-state index contributed by atoms with van der Waals surface area (Å²) in [7, 11) is -3.75. The van der Waals surface area contributed by atoms with Crippen molar-refractivity contribution in [1.29, 1.82) is 0 Å². The van der Waals surface area contributed by atoms with E-state index in [2.05, 4.69) is 4.98 Å². The van der Waals surface area contributed by atoms with Crippen molar-refractivity contribution in [3.8, 4) is 0 Å². The Labute approximate surface area is 176 Å². The molecule has 30 heavy (non-hydrogen) atoms. The second-order valence-corrected chi connectivity index (χ2v) is 9.09. The van der Waals surface area contributed by atoms with Gasteiger partial charge in [-0.05, 0) is 42.7 Å². The number of amides is 1. The van der Waals surface area contributed by atoms with Crippen molar-refractivity contribution in [1.82, 2.24) is 9.29 Å². The van der Waals surface area contributed by atoms with Crippen molar-refractivity contribution in [2.24, 2.45) is 0 Å². The van der Waals surface area contributed by atoms with Crippen molar-refractivity contribution in [2.45, 2.75) is 30.3 Å². The Balaban J connectivity index is 1.66. The number of aromatic nitrogens is 1. The molecular weight excluding hydrogens is 398 g/mol. The lowest BCUT2D eigenvalue weighted by Gasteiger charge is -2.30. The molecule has 1 aliphatic heterocycles. The van der Waals surface area contributed by atoms with E-state index >= 15 is 0 Å². The number of hydrogen-bond acceptors (Lipinski definition) is 4. The number of carbonyl (C=O) groups excluding carboxylic acids is 1. The van der Waals surface area contributed by atoms with E-state index in [9.17, 15) is 13.2 Å². The molecule has 1 amide bonds. The predicted molar refractivity (Wildman–Crippen MR) is 115 cm³/mol. The van der Waals surface area contributed by atoms with E-state index in [1.54, 1.807) is 59.8 Å². The molecule has 1 aromatic heterocycles. The molecular formula is C23H23N3O3S. The van der Waals surface area contributed by atoms with Crippen LogP contribution in [0.4, 0.5) is 5.69 Å². The van der Waals surface area contributed by atoms with Crippen molar-refractivity contribution < 1.29 is 13.2 Å². The highest BCUT2D eigenvalue weighted by Gasteiger charge is 2.41. The van der Waals surface area contributed by atoms with Gasteiger partial charge in [-0.2, -0.15) is 4.31 Å². The fourth-order valence-electron chi connectivity index (χ4n) is 3.77. The number of benzene rings is 2. The third-order valence-corrected chi connectivity index (χ3v) is 7.18. The summed E-state index contributed by atoms with van der Waals surface area (Å²) in [5.41, 5.74) is 1.67. The summed E-state index contributed by atoms with van der Waals surface area (Å²) in [4.78, 5) is 19.5. The third kappa shape index (κ3) is 4.13. The van der Waals surface area contributed by atoms with Crippen molar-refractivity contribution >= 4 is 21.6 Å². The smallest absolute Gasteiger partial charge is 0.245 e. The Morgan fingerprint density at radius 1 is 0.967 bits per heavy atom. The third-order valence-electron chi connectivity index (χ3n) is 5.26. The maximum atomic E-state index is 13.6. The summed E-state index contributed by atoms with van der Waals surface area (Å²) in [6.07, 6.45) is 4.42. The van der Waals surface area contributed by atoms with E-state index in [-0.39, 0.29) is 10.8 Å². The van der Waals surface area contributed by atoms with Crippen LogP contribution in [0.3, 0.4) is 0 Å². The largest absolute Gasteiger partial charge is 0.307 e. The van der Waals surface area contributed by atoms with E-state index < -0.39 is 16.1 Å². The molecule has 2 aromatic carbocycles. The number of carbonyl (C=O) groups is 1. The van der Waals surface area contributed by atoms with Gasteiger partial charge in [0.15, 0.2) is 0 Å². The van der Waals surface area contributed by atoms with Crippen LogP contribution in [0.15, 0.2) is 90.1 Å². The molecule has 3 aromatic rings. The molecule has 6 nitrogen and oxygen atoms in total. The van der Waals surface area contributed by atoms with Gasteiger partial charge in [-0.3, -0.25) is 9.78 Å². The molecule has 0 radical (unpaired) electrons. The number of sulfonamides is 1. The van der Waals surface area contributed by atoms with Crippen LogP contribution >= 0.6 is 0 Å². The topological polar surface area (TPSA) is 70.6 Å². The Bertz CT molecular complexity index is 1090. The van der Waals surface area contributed by atoms with Gasteiger partial charge >= 0.3 is 0 Å². The van der Waals surface area contributed by atoms with Crippen LogP contribution < -0.4 is 4.90 Å². The van der Waals surface area contributed by atoms with Gasteiger partial charge in [0.1, 0.15) is 6.04 Å². The standard InChI is InChI=1S/C23H23N3O3S/c27-23(22-12-7-17-26(22)30(28,29)21-10-5-2-6-11-21)25(20-13-15-24-16-14-20)18-19-8-3-1-4-9-19/h1-6,8-11,13-16,22H,7,12,17-18H2. The SMILES string of the molecule is O=C(C1CCCN1S(=O)(=O)c1ccccc1)N(Cc1ccccc1)c1ccncc1. The molecule has 4 rings (SSSR count). The van der Waals surface area contributed by atoms with Crippen LogP contribution in [-0.2, 0) is 21.4 Å². The fraction of sp³-hybridized carbons (Fsp3) is 0.217. The molecule has 0 saturated carbocycles. The van der Waals surface area contributed by atoms with E-state index in [0.717, 1.165) is 5.56 Å². The Hall–Kier alpha value is -3.03. The first kappa shape index (κ1) is 20.3. The maximum Gasteiger partial charge on any atom is 0.245 e. The molecule has 1 aliphatic rings. The summed E-state index contributed by atoms with van der Waals surface area (Å²) in [6, 6.07) is 20.8. The molecule has 1 saturated heterocycles. The van der Waals surface area contributed by atoms with E-state index in [1.165, 1.54) is 4.31 Å². The van der Waals surface area contributed by atoms with Gasteiger partial charge < -0.3 is 4.90 Å².